The summed E-state index contributed by atoms with van der Waals surface area (Å²) in [5.74, 6) is -1.18. The van der Waals surface area contributed by atoms with Gasteiger partial charge in [0.15, 0.2) is 0 Å². The number of carbonyl (C=O) groups is 1. The van der Waals surface area contributed by atoms with Gasteiger partial charge >= 0.3 is 0 Å². The van der Waals surface area contributed by atoms with Gasteiger partial charge in [-0.3, -0.25) is 4.79 Å². The summed E-state index contributed by atoms with van der Waals surface area (Å²) in [5, 5.41) is 12.0. The highest BCUT2D eigenvalue weighted by molar-refractivity contribution is 5.83. The van der Waals surface area contributed by atoms with Crippen molar-refractivity contribution in [2.75, 3.05) is 0 Å². The molecule has 0 aliphatic heterocycles. The predicted octanol–water partition coefficient (Wildman–Crippen LogP) is 2.74. The number of nitrogens with one attached hydrogen (secondary N) is 1. The van der Waals surface area contributed by atoms with Crippen molar-refractivity contribution >= 4 is 5.91 Å². The maximum atomic E-state index is 13.7. The summed E-state index contributed by atoms with van der Waals surface area (Å²) in [7, 11) is 0. The van der Waals surface area contributed by atoms with E-state index in [0.29, 0.717) is 12.1 Å². The van der Waals surface area contributed by atoms with Crippen molar-refractivity contribution in [2.45, 2.75) is 26.0 Å². The number of hydrogen-bond donors (Lipinski definition) is 2. The summed E-state index contributed by atoms with van der Waals surface area (Å²) in [4.78, 5) is 12.1. The largest absolute Gasteiger partial charge is 0.392 e. The maximum Gasteiger partial charge on any atom is 0.227 e. The standard InChI is InChI=1S/C17H18FNO2/c1-12(15-8-4-5-9-16(15)18)17(21)19-10-13-6-2-3-7-14(13)11-20/h2-9,12,20H,10-11H2,1H3,(H,19,21). The molecule has 1 atom stereocenters. The first-order chi connectivity index (χ1) is 10.1. The van der Waals surface area contributed by atoms with Gasteiger partial charge in [0.1, 0.15) is 5.82 Å². The second-order valence-corrected chi connectivity index (χ2v) is 4.89. The Kier molecular flexibility index (Phi) is 5.06. The Bertz CT molecular complexity index is 628. The summed E-state index contributed by atoms with van der Waals surface area (Å²) < 4.78 is 13.7. The third kappa shape index (κ3) is 3.67. The summed E-state index contributed by atoms with van der Waals surface area (Å²) in [6.45, 7) is 1.91. The summed E-state index contributed by atoms with van der Waals surface area (Å²) in [6, 6.07) is 13.6. The van der Waals surface area contributed by atoms with Gasteiger partial charge in [0, 0.05) is 6.54 Å². The van der Waals surface area contributed by atoms with E-state index in [4.69, 9.17) is 0 Å². The van der Waals surface area contributed by atoms with Crippen LogP contribution in [0.25, 0.3) is 0 Å². The quantitative estimate of drug-likeness (QED) is 0.888. The minimum atomic E-state index is -0.563. The maximum absolute atomic E-state index is 13.7. The second-order valence-electron chi connectivity index (χ2n) is 4.89. The Labute approximate surface area is 123 Å². The summed E-state index contributed by atoms with van der Waals surface area (Å²) in [6.07, 6.45) is 0. The lowest BCUT2D eigenvalue weighted by atomic mass is 9.99. The molecule has 0 aromatic heterocycles. The molecular formula is C17H18FNO2. The van der Waals surface area contributed by atoms with E-state index in [-0.39, 0.29) is 18.3 Å². The third-order valence-electron chi connectivity index (χ3n) is 3.51. The molecule has 0 heterocycles. The average Bonchev–Trinajstić information content (AvgIpc) is 2.52. The zero-order valence-electron chi connectivity index (χ0n) is 11.8. The van der Waals surface area contributed by atoms with Crippen LogP contribution >= 0.6 is 0 Å². The average molecular weight is 287 g/mol. The van der Waals surface area contributed by atoms with E-state index < -0.39 is 5.92 Å². The number of rotatable bonds is 5. The van der Waals surface area contributed by atoms with E-state index in [0.717, 1.165) is 11.1 Å². The normalized spacial score (nSPS) is 12.0. The molecule has 0 bridgehead atoms. The molecule has 0 radical (unpaired) electrons. The first-order valence-electron chi connectivity index (χ1n) is 6.83. The van der Waals surface area contributed by atoms with Gasteiger partial charge in [0.05, 0.1) is 12.5 Å². The highest BCUT2D eigenvalue weighted by atomic mass is 19.1. The molecule has 1 amide bonds. The molecule has 110 valence electrons. The van der Waals surface area contributed by atoms with Crippen LogP contribution in [0.2, 0.25) is 0 Å². The predicted molar refractivity (Wildman–Crippen MR) is 79.0 cm³/mol. The molecule has 0 saturated carbocycles. The van der Waals surface area contributed by atoms with Gasteiger partial charge in [0.2, 0.25) is 5.91 Å². The Balaban J connectivity index is 2.03. The molecule has 1 unspecified atom stereocenters. The summed E-state index contributed by atoms with van der Waals surface area (Å²) >= 11 is 0. The molecule has 2 aromatic rings. The van der Waals surface area contributed by atoms with E-state index in [1.165, 1.54) is 6.07 Å². The Hall–Kier alpha value is -2.20. The minimum absolute atomic E-state index is 0.0745. The molecule has 3 nitrogen and oxygen atoms in total. The van der Waals surface area contributed by atoms with Crippen molar-refractivity contribution in [1.29, 1.82) is 0 Å². The Morgan fingerprint density at radius 1 is 1.14 bits per heavy atom. The van der Waals surface area contributed by atoms with Crippen LogP contribution in [0.1, 0.15) is 29.5 Å². The van der Waals surface area contributed by atoms with Crippen LogP contribution in [0.3, 0.4) is 0 Å². The lowest BCUT2D eigenvalue weighted by molar-refractivity contribution is -0.122. The molecule has 21 heavy (non-hydrogen) atoms. The zero-order valence-corrected chi connectivity index (χ0v) is 11.8. The Morgan fingerprint density at radius 3 is 2.43 bits per heavy atom. The zero-order chi connectivity index (χ0) is 15.2. The van der Waals surface area contributed by atoms with Crippen molar-refractivity contribution in [2.24, 2.45) is 0 Å². The molecule has 2 rings (SSSR count). The van der Waals surface area contributed by atoms with Gasteiger partial charge in [-0.25, -0.2) is 4.39 Å². The van der Waals surface area contributed by atoms with Crippen molar-refractivity contribution in [3.8, 4) is 0 Å². The molecule has 0 spiro atoms. The van der Waals surface area contributed by atoms with E-state index >= 15 is 0 Å². The second kappa shape index (κ2) is 6.99. The van der Waals surface area contributed by atoms with Crippen LogP contribution < -0.4 is 5.32 Å². The first kappa shape index (κ1) is 15.2. The number of amides is 1. The van der Waals surface area contributed by atoms with Gasteiger partial charge in [-0.2, -0.15) is 0 Å². The molecule has 0 saturated heterocycles. The molecule has 4 heteroatoms. The number of aliphatic hydroxyl groups excluding tert-OH is 1. The molecule has 0 fully saturated rings. The van der Waals surface area contributed by atoms with Crippen LogP contribution in [-0.2, 0) is 17.9 Å². The van der Waals surface area contributed by atoms with Crippen molar-refractivity contribution in [1.82, 2.24) is 5.32 Å². The van der Waals surface area contributed by atoms with E-state index in [9.17, 15) is 14.3 Å². The molecular weight excluding hydrogens is 269 g/mol. The van der Waals surface area contributed by atoms with Crippen LogP contribution in [0.5, 0.6) is 0 Å². The smallest absolute Gasteiger partial charge is 0.227 e. The van der Waals surface area contributed by atoms with Gasteiger partial charge < -0.3 is 10.4 Å². The molecule has 2 aromatic carbocycles. The monoisotopic (exact) mass is 287 g/mol. The van der Waals surface area contributed by atoms with E-state index in [1.807, 2.05) is 24.3 Å². The minimum Gasteiger partial charge on any atom is -0.392 e. The topological polar surface area (TPSA) is 49.3 Å². The summed E-state index contributed by atoms with van der Waals surface area (Å²) in [5.41, 5.74) is 2.01. The van der Waals surface area contributed by atoms with Crippen LogP contribution in [0.4, 0.5) is 4.39 Å². The Morgan fingerprint density at radius 2 is 1.76 bits per heavy atom. The highest BCUT2D eigenvalue weighted by Crippen LogP contribution is 2.19. The third-order valence-corrected chi connectivity index (χ3v) is 3.51. The van der Waals surface area contributed by atoms with E-state index in [1.54, 1.807) is 25.1 Å². The fraction of sp³-hybridized carbons (Fsp3) is 0.235. The van der Waals surface area contributed by atoms with E-state index in [2.05, 4.69) is 5.32 Å². The van der Waals surface area contributed by atoms with Crippen LogP contribution in [-0.4, -0.2) is 11.0 Å². The SMILES string of the molecule is CC(C(=O)NCc1ccccc1CO)c1ccccc1F. The number of aliphatic hydroxyl groups is 1. The van der Waals surface area contributed by atoms with Gasteiger partial charge in [-0.05, 0) is 29.7 Å². The lowest BCUT2D eigenvalue weighted by Crippen LogP contribution is -2.28. The van der Waals surface area contributed by atoms with Crippen LogP contribution in [0.15, 0.2) is 48.5 Å². The van der Waals surface area contributed by atoms with Gasteiger partial charge in [-0.15, -0.1) is 0 Å². The molecule has 0 aliphatic rings. The highest BCUT2D eigenvalue weighted by Gasteiger charge is 2.18. The molecule has 2 N–H and O–H groups in total. The number of benzene rings is 2. The molecule has 0 aliphatic carbocycles. The van der Waals surface area contributed by atoms with Gasteiger partial charge in [-0.1, -0.05) is 42.5 Å². The van der Waals surface area contributed by atoms with Crippen molar-refractivity contribution < 1.29 is 14.3 Å². The fourth-order valence-corrected chi connectivity index (χ4v) is 2.19. The van der Waals surface area contributed by atoms with Crippen LogP contribution in [0, 0.1) is 5.82 Å². The lowest BCUT2D eigenvalue weighted by Gasteiger charge is -2.14. The van der Waals surface area contributed by atoms with Crippen molar-refractivity contribution in [3.05, 3.63) is 71.0 Å². The number of halogens is 1. The van der Waals surface area contributed by atoms with Crippen molar-refractivity contribution in [3.63, 3.8) is 0 Å². The first-order valence-corrected chi connectivity index (χ1v) is 6.83. The van der Waals surface area contributed by atoms with Gasteiger partial charge in [0.25, 0.3) is 0 Å². The number of carbonyl (C=O) groups excluding carboxylic acids is 1. The number of hydrogen-bond acceptors (Lipinski definition) is 2. The fourth-order valence-electron chi connectivity index (χ4n) is 2.19.